The molecule has 7 heteroatoms. The van der Waals surface area contributed by atoms with Crippen molar-refractivity contribution in [2.75, 3.05) is 18.3 Å². The summed E-state index contributed by atoms with van der Waals surface area (Å²) in [4.78, 5) is 14.2. The first-order valence-electron chi connectivity index (χ1n) is 8.39. The zero-order chi connectivity index (χ0) is 19.3. The highest BCUT2D eigenvalue weighted by Crippen LogP contribution is 2.23. The van der Waals surface area contributed by atoms with Gasteiger partial charge in [-0.05, 0) is 49.2 Å². The number of hydrogen-bond acceptors (Lipinski definition) is 3. The van der Waals surface area contributed by atoms with Crippen molar-refractivity contribution in [3.63, 3.8) is 0 Å². The van der Waals surface area contributed by atoms with E-state index in [2.05, 4.69) is 4.72 Å². The molecule has 2 aromatic rings. The molecule has 140 valence electrons. The number of hydrogen-bond donors (Lipinski definition) is 1. The molecule has 0 radical (unpaired) electrons. The van der Waals surface area contributed by atoms with Crippen LogP contribution in [-0.4, -0.2) is 32.8 Å². The van der Waals surface area contributed by atoms with Crippen LogP contribution in [0.4, 0.5) is 10.1 Å². The van der Waals surface area contributed by atoms with Gasteiger partial charge in [-0.3, -0.25) is 9.52 Å². The van der Waals surface area contributed by atoms with Crippen LogP contribution < -0.4 is 4.72 Å². The molecular weight excluding hydrogens is 355 g/mol. The fourth-order valence-corrected chi connectivity index (χ4v) is 3.88. The maximum absolute atomic E-state index is 13.3. The Hall–Kier alpha value is -2.41. The van der Waals surface area contributed by atoms with Crippen molar-refractivity contribution < 1.29 is 17.6 Å². The number of anilines is 1. The fraction of sp³-hybridized carbons (Fsp3) is 0.316. The first-order chi connectivity index (χ1) is 12.3. The first kappa shape index (κ1) is 19.9. The predicted molar refractivity (Wildman–Crippen MR) is 100 cm³/mol. The summed E-state index contributed by atoms with van der Waals surface area (Å²) in [5, 5.41) is 0. The second kappa shape index (κ2) is 8.31. The molecule has 0 fully saturated rings. The molecule has 0 unspecified atom stereocenters. The van der Waals surface area contributed by atoms with Gasteiger partial charge >= 0.3 is 0 Å². The average molecular weight is 378 g/mol. The lowest BCUT2D eigenvalue weighted by Crippen LogP contribution is -2.29. The zero-order valence-electron chi connectivity index (χ0n) is 15.1. The molecular formula is C19H23FN2O3S. The summed E-state index contributed by atoms with van der Waals surface area (Å²) in [5.74, 6) is -0.762. The lowest BCUT2D eigenvalue weighted by Gasteiger charge is -2.19. The fourth-order valence-electron chi connectivity index (χ4n) is 2.58. The van der Waals surface area contributed by atoms with Crippen LogP contribution in [0.1, 0.15) is 35.7 Å². The molecule has 0 aliphatic rings. The standard InChI is InChI=1S/C19H23FN2O3S/c1-4-5-12-22(3)19(23)16-8-6-7-9-17(16)21-26(24,25)18-11-10-15(20)13-14(18)2/h6-11,13,21H,4-5,12H2,1-3H3. The van der Waals surface area contributed by atoms with Crippen LogP contribution in [0.2, 0.25) is 0 Å². The highest BCUT2D eigenvalue weighted by molar-refractivity contribution is 7.92. The Morgan fingerprint density at radius 1 is 1.19 bits per heavy atom. The van der Waals surface area contributed by atoms with E-state index >= 15 is 0 Å². The third-order valence-electron chi connectivity index (χ3n) is 4.02. The Morgan fingerprint density at radius 3 is 2.54 bits per heavy atom. The molecule has 0 aromatic heterocycles. The van der Waals surface area contributed by atoms with Crippen molar-refractivity contribution >= 4 is 21.6 Å². The van der Waals surface area contributed by atoms with E-state index in [0.29, 0.717) is 12.1 Å². The minimum absolute atomic E-state index is 0.0273. The van der Waals surface area contributed by atoms with Crippen LogP contribution in [0.3, 0.4) is 0 Å². The van der Waals surface area contributed by atoms with Gasteiger partial charge in [-0.15, -0.1) is 0 Å². The molecule has 2 rings (SSSR count). The highest BCUT2D eigenvalue weighted by atomic mass is 32.2. The lowest BCUT2D eigenvalue weighted by atomic mass is 10.1. The van der Waals surface area contributed by atoms with Crippen LogP contribution >= 0.6 is 0 Å². The lowest BCUT2D eigenvalue weighted by molar-refractivity contribution is 0.0794. The molecule has 0 heterocycles. The van der Waals surface area contributed by atoms with Crippen molar-refractivity contribution in [3.8, 4) is 0 Å². The van der Waals surface area contributed by atoms with E-state index in [-0.39, 0.29) is 22.1 Å². The van der Waals surface area contributed by atoms with Gasteiger partial charge in [0.2, 0.25) is 0 Å². The monoisotopic (exact) mass is 378 g/mol. The Labute approximate surface area is 153 Å². The quantitative estimate of drug-likeness (QED) is 0.797. The van der Waals surface area contributed by atoms with Gasteiger partial charge in [0.05, 0.1) is 16.1 Å². The molecule has 0 spiro atoms. The zero-order valence-corrected chi connectivity index (χ0v) is 15.9. The second-order valence-electron chi connectivity index (χ2n) is 6.14. The van der Waals surface area contributed by atoms with Crippen molar-refractivity contribution in [2.24, 2.45) is 0 Å². The van der Waals surface area contributed by atoms with Gasteiger partial charge in [-0.2, -0.15) is 0 Å². The number of amides is 1. The number of nitrogens with one attached hydrogen (secondary N) is 1. The largest absolute Gasteiger partial charge is 0.342 e. The molecule has 1 amide bonds. The van der Waals surface area contributed by atoms with E-state index in [0.717, 1.165) is 25.0 Å². The SMILES string of the molecule is CCCCN(C)C(=O)c1ccccc1NS(=O)(=O)c1ccc(F)cc1C. The van der Waals surface area contributed by atoms with E-state index in [4.69, 9.17) is 0 Å². The number of carbonyl (C=O) groups excluding carboxylic acids is 1. The van der Waals surface area contributed by atoms with Crippen LogP contribution in [-0.2, 0) is 10.0 Å². The van der Waals surface area contributed by atoms with E-state index in [1.54, 1.807) is 30.1 Å². The van der Waals surface area contributed by atoms with Crippen LogP contribution in [0.5, 0.6) is 0 Å². The molecule has 0 aliphatic carbocycles. The van der Waals surface area contributed by atoms with Crippen molar-refractivity contribution in [2.45, 2.75) is 31.6 Å². The summed E-state index contributed by atoms with van der Waals surface area (Å²) in [6, 6.07) is 9.92. The predicted octanol–water partition coefficient (Wildman–Crippen LogP) is 3.81. The number of para-hydroxylation sites is 1. The minimum atomic E-state index is -3.95. The summed E-state index contributed by atoms with van der Waals surface area (Å²) in [6.07, 6.45) is 1.82. The van der Waals surface area contributed by atoms with Crippen LogP contribution in [0, 0.1) is 12.7 Å². The Kier molecular flexibility index (Phi) is 6.37. The molecule has 5 nitrogen and oxygen atoms in total. The van der Waals surface area contributed by atoms with Gasteiger partial charge in [0.25, 0.3) is 15.9 Å². The van der Waals surface area contributed by atoms with Crippen molar-refractivity contribution in [1.82, 2.24) is 4.90 Å². The van der Waals surface area contributed by atoms with E-state index in [1.807, 2.05) is 6.92 Å². The third kappa shape index (κ3) is 4.60. The minimum Gasteiger partial charge on any atom is -0.342 e. The molecule has 2 aromatic carbocycles. The van der Waals surface area contributed by atoms with Gasteiger partial charge in [-0.1, -0.05) is 25.5 Å². The maximum Gasteiger partial charge on any atom is 0.262 e. The molecule has 26 heavy (non-hydrogen) atoms. The Bertz CT molecular complexity index is 897. The number of rotatable bonds is 7. The Morgan fingerprint density at radius 2 is 1.88 bits per heavy atom. The van der Waals surface area contributed by atoms with E-state index in [1.165, 1.54) is 19.1 Å². The molecule has 0 aliphatic heterocycles. The molecule has 0 bridgehead atoms. The number of nitrogens with zero attached hydrogens (tertiary/aromatic N) is 1. The number of sulfonamides is 1. The van der Waals surface area contributed by atoms with Crippen LogP contribution in [0.15, 0.2) is 47.4 Å². The molecule has 0 saturated heterocycles. The number of benzene rings is 2. The molecule has 1 N–H and O–H groups in total. The van der Waals surface area contributed by atoms with Crippen LogP contribution in [0.25, 0.3) is 0 Å². The first-order valence-corrected chi connectivity index (χ1v) is 9.88. The normalized spacial score (nSPS) is 11.2. The van der Waals surface area contributed by atoms with Gasteiger partial charge in [-0.25, -0.2) is 12.8 Å². The summed E-state index contributed by atoms with van der Waals surface area (Å²) in [7, 11) is -2.26. The van der Waals surface area contributed by atoms with E-state index in [9.17, 15) is 17.6 Å². The van der Waals surface area contributed by atoms with Gasteiger partial charge in [0.1, 0.15) is 5.82 Å². The number of halogens is 1. The van der Waals surface area contributed by atoms with Crippen molar-refractivity contribution in [3.05, 3.63) is 59.4 Å². The average Bonchev–Trinajstić information content (AvgIpc) is 2.58. The summed E-state index contributed by atoms with van der Waals surface area (Å²) >= 11 is 0. The maximum atomic E-state index is 13.3. The second-order valence-corrected chi connectivity index (χ2v) is 7.79. The number of unbranched alkanes of at least 4 members (excludes halogenated alkanes) is 1. The van der Waals surface area contributed by atoms with Crippen molar-refractivity contribution in [1.29, 1.82) is 0 Å². The summed E-state index contributed by atoms with van der Waals surface area (Å²) in [6.45, 7) is 4.14. The summed E-state index contributed by atoms with van der Waals surface area (Å²) in [5.41, 5.74) is 0.764. The topological polar surface area (TPSA) is 66.5 Å². The smallest absolute Gasteiger partial charge is 0.262 e. The molecule has 0 saturated carbocycles. The molecule has 0 atom stereocenters. The van der Waals surface area contributed by atoms with Gasteiger partial charge in [0.15, 0.2) is 0 Å². The highest BCUT2D eigenvalue weighted by Gasteiger charge is 2.21. The summed E-state index contributed by atoms with van der Waals surface area (Å²) < 4.78 is 41.1. The van der Waals surface area contributed by atoms with Gasteiger partial charge in [0, 0.05) is 13.6 Å². The Balaban J connectivity index is 2.34. The van der Waals surface area contributed by atoms with Gasteiger partial charge < -0.3 is 4.90 Å². The number of aryl methyl sites for hydroxylation is 1. The number of carbonyl (C=O) groups is 1. The van der Waals surface area contributed by atoms with E-state index < -0.39 is 15.8 Å². The third-order valence-corrected chi connectivity index (χ3v) is 5.55.